The van der Waals surface area contributed by atoms with E-state index in [1.54, 1.807) is 6.92 Å². The second-order valence-electron chi connectivity index (χ2n) is 7.62. The molecule has 0 aliphatic carbocycles. The van der Waals surface area contributed by atoms with Crippen molar-refractivity contribution < 1.29 is 53.8 Å². The molecule has 0 spiro atoms. The largest absolute Gasteiger partial charge is 0.466 e. The van der Waals surface area contributed by atoms with Gasteiger partial charge in [0, 0.05) is 19.7 Å². The molecule has 0 fully saturated rings. The quantitative estimate of drug-likeness (QED) is 0.199. The number of hydrogen-bond donors (Lipinski definition) is 0. The van der Waals surface area contributed by atoms with Crippen molar-refractivity contribution in [2.24, 2.45) is 0 Å². The number of rotatable bonds is 8. The van der Waals surface area contributed by atoms with Crippen molar-refractivity contribution in [2.45, 2.75) is 51.1 Å². The van der Waals surface area contributed by atoms with E-state index in [9.17, 15) is 49.1 Å². The summed E-state index contributed by atoms with van der Waals surface area (Å²) in [4.78, 5) is 28.8. The molecule has 0 aliphatic rings. The number of nitrogens with zero attached hydrogens (tertiary/aromatic N) is 3. The number of esters is 1. The molecule has 0 saturated carbocycles. The first-order valence-corrected chi connectivity index (χ1v) is 11.2. The molecule has 1 atom stereocenters. The number of ether oxygens (including phenoxy) is 2. The van der Waals surface area contributed by atoms with Gasteiger partial charge in [-0.25, -0.2) is 9.78 Å². The molecule has 0 bridgehead atoms. The number of carbonyl (C=O) groups excluding carboxylic acids is 1. The fraction of sp³-hybridized carbons (Fsp3) is 0.476. The molecular weight excluding hydrogens is 609 g/mol. The lowest BCUT2D eigenvalue weighted by Gasteiger charge is -2.33. The average Bonchev–Trinajstić information content (AvgIpc) is 2.79. The summed E-state index contributed by atoms with van der Waals surface area (Å²) in [6.45, 7) is 1.29. The van der Waals surface area contributed by atoms with Gasteiger partial charge in [0.25, 0.3) is 5.56 Å². The molecule has 2 aromatic rings. The van der Waals surface area contributed by atoms with Crippen LogP contribution in [0.25, 0.3) is 0 Å². The lowest BCUT2D eigenvalue weighted by atomic mass is 10.1. The van der Waals surface area contributed by atoms with Crippen LogP contribution in [0.1, 0.15) is 36.6 Å². The van der Waals surface area contributed by atoms with Gasteiger partial charge < -0.3 is 9.47 Å². The Morgan fingerprint density at radius 2 is 1.63 bits per heavy atom. The minimum absolute atomic E-state index is 0.111. The molecule has 0 amide bonds. The minimum atomic E-state index is -5.39. The summed E-state index contributed by atoms with van der Waals surface area (Å²) >= 11 is 2.56. The number of methoxy groups -OCH3 is 2. The summed E-state index contributed by atoms with van der Waals surface area (Å²) in [6.07, 6.45) is -17.8. The Kier molecular flexibility index (Phi) is 9.51. The van der Waals surface area contributed by atoms with Crippen molar-refractivity contribution in [3.05, 3.63) is 49.8 Å². The first-order valence-electron chi connectivity index (χ1n) is 10.4. The summed E-state index contributed by atoms with van der Waals surface area (Å²) in [5.41, 5.74) is -8.00. The topological polar surface area (TPSA) is 73.7 Å². The van der Waals surface area contributed by atoms with Gasteiger partial charge in [-0.3, -0.25) is 14.3 Å². The predicted octanol–water partition coefficient (Wildman–Crippen LogP) is 6.15. The van der Waals surface area contributed by atoms with Crippen LogP contribution in [0, 0.1) is 0 Å². The number of anilines is 2. The van der Waals surface area contributed by atoms with E-state index in [0.29, 0.717) is 11.0 Å². The first-order chi connectivity index (χ1) is 17.4. The van der Waals surface area contributed by atoms with Crippen molar-refractivity contribution in [1.82, 2.24) is 9.55 Å². The van der Waals surface area contributed by atoms with E-state index in [4.69, 9.17) is 4.74 Å². The third kappa shape index (κ3) is 6.78. The van der Waals surface area contributed by atoms with Crippen molar-refractivity contribution in [3.8, 4) is 0 Å². The van der Waals surface area contributed by atoms with Gasteiger partial charge in [0.1, 0.15) is 0 Å². The van der Waals surface area contributed by atoms with Crippen LogP contribution in [-0.4, -0.2) is 36.0 Å². The Bertz CT molecular complexity index is 1230. The van der Waals surface area contributed by atoms with Crippen molar-refractivity contribution in [2.75, 3.05) is 19.1 Å². The van der Waals surface area contributed by atoms with Gasteiger partial charge >= 0.3 is 24.5 Å². The molecule has 212 valence electrons. The maximum absolute atomic E-state index is 13.7. The Morgan fingerprint density at radius 1 is 1.03 bits per heavy atom. The van der Waals surface area contributed by atoms with E-state index in [-0.39, 0.29) is 36.1 Å². The Labute approximate surface area is 217 Å². The molecule has 17 heteroatoms. The van der Waals surface area contributed by atoms with Crippen LogP contribution in [0.2, 0.25) is 0 Å². The second kappa shape index (κ2) is 11.5. The number of carbonyl (C=O) groups is 1. The number of halogens is 10. The summed E-state index contributed by atoms with van der Waals surface area (Å²) in [5, 5.41) is 0. The SMILES string of the molecule is CCCCn1c(N(c2cc(C(F)(F)F)cc(C(F)(F)F)c2Br)C(OC)C(=O)OC)nc(C(F)(F)F)cc1=O. The molecule has 0 N–H and O–H groups in total. The van der Waals surface area contributed by atoms with Gasteiger partial charge in [-0.05, 0) is 34.5 Å². The monoisotopic (exact) mass is 627 g/mol. The van der Waals surface area contributed by atoms with Crippen molar-refractivity contribution in [1.29, 1.82) is 0 Å². The molecule has 1 unspecified atom stereocenters. The number of alkyl halides is 9. The molecule has 1 heterocycles. The minimum Gasteiger partial charge on any atom is -0.466 e. The van der Waals surface area contributed by atoms with Crippen LogP contribution < -0.4 is 10.5 Å². The number of benzene rings is 1. The zero-order valence-corrected chi connectivity index (χ0v) is 21.3. The van der Waals surface area contributed by atoms with E-state index >= 15 is 0 Å². The molecule has 1 aromatic heterocycles. The lowest BCUT2D eigenvalue weighted by Crippen LogP contribution is -2.44. The molecular formula is C21H19BrF9N3O4. The van der Waals surface area contributed by atoms with Gasteiger partial charge in [0.05, 0.1) is 28.4 Å². The molecule has 7 nitrogen and oxygen atoms in total. The zero-order chi connectivity index (χ0) is 29.2. The van der Waals surface area contributed by atoms with Crippen LogP contribution in [0.15, 0.2) is 27.5 Å². The van der Waals surface area contributed by atoms with Gasteiger partial charge in [0.15, 0.2) is 5.69 Å². The maximum atomic E-state index is 13.7. The van der Waals surface area contributed by atoms with Crippen LogP contribution in [0.4, 0.5) is 51.1 Å². The number of unbranched alkanes of at least 4 members (excludes halogenated alkanes) is 1. The highest BCUT2D eigenvalue weighted by Gasteiger charge is 2.43. The molecule has 1 aromatic carbocycles. The van der Waals surface area contributed by atoms with Gasteiger partial charge in [-0.15, -0.1) is 0 Å². The molecule has 2 rings (SSSR count). The first kappa shape index (κ1) is 31.4. The van der Waals surface area contributed by atoms with Crippen LogP contribution in [0.5, 0.6) is 0 Å². The highest BCUT2D eigenvalue weighted by atomic mass is 79.9. The number of aromatic nitrogens is 2. The third-order valence-electron chi connectivity index (χ3n) is 5.04. The van der Waals surface area contributed by atoms with E-state index in [2.05, 4.69) is 25.7 Å². The van der Waals surface area contributed by atoms with E-state index in [1.807, 2.05) is 0 Å². The second-order valence-corrected chi connectivity index (χ2v) is 8.41. The van der Waals surface area contributed by atoms with Crippen molar-refractivity contribution in [3.63, 3.8) is 0 Å². The normalized spacial score (nSPS) is 13.4. The Morgan fingerprint density at radius 3 is 2.08 bits per heavy atom. The van der Waals surface area contributed by atoms with Crippen molar-refractivity contribution >= 4 is 33.5 Å². The van der Waals surface area contributed by atoms with Gasteiger partial charge in [-0.2, -0.15) is 39.5 Å². The highest BCUT2D eigenvalue weighted by molar-refractivity contribution is 9.10. The average molecular weight is 628 g/mol. The fourth-order valence-electron chi connectivity index (χ4n) is 3.25. The maximum Gasteiger partial charge on any atom is 0.433 e. The van der Waals surface area contributed by atoms with Gasteiger partial charge in [0.2, 0.25) is 12.2 Å². The molecule has 0 radical (unpaired) electrons. The summed E-state index contributed by atoms with van der Waals surface area (Å²) in [7, 11) is 1.58. The highest BCUT2D eigenvalue weighted by Crippen LogP contribution is 2.46. The third-order valence-corrected chi connectivity index (χ3v) is 5.87. The predicted molar refractivity (Wildman–Crippen MR) is 118 cm³/mol. The molecule has 0 saturated heterocycles. The molecule has 0 aliphatic heterocycles. The van der Waals surface area contributed by atoms with E-state index in [0.717, 1.165) is 14.2 Å². The van der Waals surface area contributed by atoms with Crippen LogP contribution >= 0.6 is 15.9 Å². The summed E-state index contributed by atoms with van der Waals surface area (Å²) in [5.74, 6) is -2.54. The smallest absolute Gasteiger partial charge is 0.433 e. The van der Waals surface area contributed by atoms with Gasteiger partial charge in [-0.1, -0.05) is 13.3 Å². The summed E-state index contributed by atoms with van der Waals surface area (Å²) in [6, 6.07) is 0.0277. The summed E-state index contributed by atoms with van der Waals surface area (Å²) < 4.78 is 132. The number of hydrogen-bond acceptors (Lipinski definition) is 6. The van der Waals surface area contributed by atoms with E-state index in [1.165, 1.54) is 0 Å². The van der Waals surface area contributed by atoms with Crippen LogP contribution in [0.3, 0.4) is 0 Å². The zero-order valence-electron chi connectivity index (χ0n) is 19.7. The lowest BCUT2D eigenvalue weighted by molar-refractivity contribution is -0.151. The van der Waals surface area contributed by atoms with Crippen LogP contribution in [-0.2, 0) is 39.3 Å². The standard InChI is InChI=1S/C21H19BrF9N3O4/c1-4-5-6-33-14(35)9-13(21(29,30)31)32-18(33)34(16(37-2)17(36)38-3)12-8-10(19(23,24)25)7-11(15(12)22)20(26,27)28/h7-9,16H,4-6H2,1-3H3. The Hall–Kier alpha value is -2.82. The fourth-order valence-corrected chi connectivity index (χ4v) is 3.90. The Balaban J connectivity index is 3.16. The molecule has 38 heavy (non-hydrogen) atoms. The van der Waals surface area contributed by atoms with E-state index < -0.39 is 69.2 Å².